The molecule has 2 amide bonds. The van der Waals surface area contributed by atoms with Crippen molar-refractivity contribution in [1.29, 1.82) is 0 Å². The van der Waals surface area contributed by atoms with E-state index in [1.807, 2.05) is 0 Å². The minimum atomic E-state index is -1.61. The van der Waals surface area contributed by atoms with Crippen LogP contribution in [0.5, 0.6) is 0 Å². The summed E-state index contributed by atoms with van der Waals surface area (Å²) in [5, 5.41) is 59.1. The first kappa shape index (κ1) is 57.4. The van der Waals surface area contributed by atoms with Crippen molar-refractivity contribution in [3.05, 3.63) is 12.2 Å². The van der Waals surface area contributed by atoms with Crippen LogP contribution < -0.4 is 10.6 Å². The molecule has 7 N–H and O–H groups in total. The molecule has 11 heteroatoms. The summed E-state index contributed by atoms with van der Waals surface area (Å²) >= 11 is 0. The summed E-state index contributed by atoms with van der Waals surface area (Å²) in [6, 6.07) is -1.00. The van der Waals surface area contributed by atoms with Crippen LogP contribution in [0.1, 0.15) is 233 Å². The Bertz CT molecular complexity index is 1050. The minimum Gasteiger partial charge on any atom is -0.390 e. The first-order valence-electron chi connectivity index (χ1n) is 25.5. The van der Waals surface area contributed by atoms with E-state index in [-0.39, 0.29) is 31.4 Å². The van der Waals surface area contributed by atoms with Gasteiger partial charge < -0.3 is 45.6 Å². The summed E-state index contributed by atoms with van der Waals surface area (Å²) in [6.07, 6.45) is 33.6. The number of carbonyl (C=O) groups excluding carboxylic acids is 2. The number of hydrogen-bond acceptors (Lipinski definition) is 9. The third-order valence-electron chi connectivity index (χ3n) is 12.3. The molecule has 0 radical (unpaired) electrons. The number of aliphatic hydroxyl groups excluding tert-OH is 5. The Kier molecular flexibility index (Phi) is 37.6. The topological polar surface area (TPSA) is 178 Å². The van der Waals surface area contributed by atoms with Crippen LogP contribution in [-0.4, -0.2) is 99.5 Å². The molecule has 0 aliphatic carbocycles. The van der Waals surface area contributed by atoms with Gasteiger partial charge in [0.15, 0.2) is 6.29 Å². The van der Waals surface area contributed by atoms with Gasteiger partial charge in [-0.3, -0.25) is 9.59 Å². The van der Waals surface area contributed by atoms with Crippen LogP contribution in [-0.2, 0) is 19.1 Å². The van der Waals surface area contributed by atoms with Gasteiger partial charge in [-0.05, 0) is 38.5 Å². The highest BCUT2D eigenvalue weighted by Gasteiger charge is 2.45. The molecule has 0 bridgehead atoms. The van der Waals surface area contributed by atoms with Crippen molar-refractivity contribution < 1.29 is 44.6 Å². The number of unbranched alkanes of at least 4 members (excludes halogenated alkanes) is 28. The van der Waals surface area contributed by atoms with E-state index in [9.17, 15) is 35.1 Å². The van der Waals surface area contributed by atoms with Gasteiger partial charge >= 0.3 is 0 Å². The number of nitrogens with one attached hydrogen (secondary N) is 2. The SMILES string of the molecule is CCCCCCCC/C=C\CCCCCCCCCCCCCC(=O)N[C@@H](COC1OC(CNC(C)=O)C(O)C(O)C1O)C(O)[C@H](O)CCCCCCCCCCCCCC. The zero-order valence-electron chi connectivity index (χ0n) is 39.4. The summed E-state index contributed by atoms with van der Waals surface area (Å²) in [5.41, 5.74) is 0. The second kappa shape index (κ2) is 40.0. The largest absolute Gasteiger partial charge is 0.390 e. The quantitative estimate of drug-likeness (QED) is 0.0233. The molecule has 11 nitrogen and oxygen atoms in total. The molecule has 0 aromatic rings. The molecular weight excluding hydrogens is 773 g/mol. The van der Waals surface area contributed by atoms with Gasteiger partial charge in [-0.25, -0.2) is 0 Å². The molecule has 1 saturated heterocycles. The molecule has 360 valence electrons. The molecular formula is C50H96N2O9. The molecule has 1 aliphatic heterocycles. The Morgan fingerprint density at radius 1 is 0.590 bits per heavy atom. The van der Waals surface area contributed by atoms with Crippen molar-refractivity contribution in [3.8, 4) is 0 Å². The number of aliphatic hydroxyl groups is 5. The van der Waals surface area contributed by atoms with E-state index in [1.165, 1.54) is 155 Å². The fourth-order valence-electron chi connectivity index (χ4n) is 8.22. The lowest BCUT2D eigenvalue weighted by atomic mass is 9.98. The molecule has 8 atom stereocenters. The maximum Gasteiger partial charge on any atom is 0.220 e. The lowest BCUT2D eigenvalue weighted by Crippen LogP contribution is -2.61. The smallest absolute Gasteiger partial charge is 0.220 e. The molecule has 6 unspecified atom stereocenters. The van der Waals surface area contributed by atoms with Crippen molar-refractivity contribution in [2.45, 2.75) is 282 Å². The van der Waals surface area contributed by atoms with Gasteiger partial charge in [0.1, 0.15) is 30.5 Å². The second-order valence-electron chi connectivity index (χ2n) is 18.2. The predicted octanol–water partition coefficient (Wildman–Crippen LogP) is 9.62. The highest BCUT2D eigenvalue weighted by atomic mass is 16.7. The van der Waals surface area contributed by atoms with Gasteiger partial charge in [0.2, 0.25) is 11.8 Å². The van der Waals surface area contributed by atoms with Crippen LogP contribution in [0.2, 0.25) is 0 Å². The molecule has 1 aliphatic rings. The number of ether oxygens (including phenoxy) is 2. The number of carbonyl (C=O) groups is 2. The van der Waals surface area contributed by atoms with E-state index in [1.54, 1.807) is 0 Å². The third kappa shape index (κ3) is 31.0. The average Bonchev–Trinajstić information content (AvgIpc) is 3.24. The lowest BCUT2D eigenvalue weighted by Gasteiger charge is -2.41. The van der Waals surface area contributed by atoms with Crippen LogP contribution in [0.4, 0.5) is 0 Å². The van der Waals surface area contributed by atoms with Crippen LogP contribution >= 0.6 is 0 Å². The molecule has 0 aromatic carbocycles. The maximum absolute atomic E-state index is 13.1. The van der Waals surface area contributed by atoms with Gasteiger partial charge in [0.05, 0.1) is 18.8 Å². The molecule has 1 heterocycles. The summed E-state index contributed by atoms with van der Waals surface area (Å²) in [5.74, 6) is -0.613. The highest BCUT2D eigenvalue weighted by Crippen LogP contribution is 2.23. The number of rotatable bonds is 42. The first-order chi connectivity index (χ1) is 29.6. The fraction of sp³-hybridized carbons (Fsp3) is 0.920. The van der Waals surface area contributed by atoms with Crippen molar-refractivity contribution in [1.82, 2.24) is 10.6 Å². The zero-order chi connectivity index (χ0) is 44.8. The minimum absolute atomic E-state index is 0.113. The number of hydrogen-bond donors (Lipinski definition) is 7. The van der Waals surface area contributed by atoms with Crippen LogP contribution in [0.3, 0.4) is 0 Å². The summed E-state index contributed by atoms with van der Waals surface area (Å²) in [7, 11) is 0. The summed E-state index contributed by atoms with van der Waals surface area (Å²) in [6.45, 7) is 5.39. The van der Waals surface area contributed by atoms with E-state index in [0.717, 1.165) is 44.9 Å². The Hall–Kier alpha value is -1.60. The lowest BCUT2D eigenvalue weighted by molar-refractivity contribution is -0.297. The normalized spacial score (nSPS) is 20.8. The predicted molar refractivity (Wildman–Crippen MR) is 248 cm³/mol. The van der Waals surface area contributed by atoms with Crippen LogP contribution in [0, 0.1) is 0 Å². The van der Waals surface area contributed by atoms with Gasteiger partial charge in [-0.2, -0.15) is 0 Å². The number of amides is 2. The first-order valence-corrected chi connectivity index (χ1v) is 25.5. The Labute approximate surface area is 373 Å². The van der Waals surface area contributed by atoms with E-state index in [4.69, 9.17) is 9.47 Å². The standard InChI is InChI=1S/C50H96N2O9/c1-4-6-8-10-12-14-16-18-19-20-21-22-23-24-25-26-28-30-32-34-36-38-45(55)52-42(40-60-50-49(59)48(58)47(57)44(61-50)39-51-41(3)53)46(56)43(54)37-35-33-31-29-27-17-15-13-11-9-7-5-2/h18-19,42-44,46-50,54,56-59H,4-17,20-40H2,1-3H3,(H,51,53)(H,52,55)/b19-18-/t42-,43+,44?,46?,47?,48?,49?,50?/m0/s1. The Morgan fingerprint density at radius 2 is 1.02 bits per heavy atom. The number of allylic oxidation sites excluding steroid dienone is 2. The Balaban J connectivity index is 2.41. The molecule has 0 saturated carbocycles. The van der Waals surface area contributed by atoms with Gasteiger partial charge in [-0.1, -0.05) is 193 Å². The summed E-state index contributed by atoms with van der Waals surface area (Å²) in [4.78, 5) is 24.6. The van der Waals surface area contributed by atoms with E-state index < -0.39 is 49.0 Å². The van der Waals surface area contributed by atoms with Crippen molar-refractivity contribution in [3.63, 3.8) is 0 Å². The summed E-state index contributed by atoms with van der Waals surface area (Å²) < 4.78 is 11.5. The van der Waals surface area contributed by atoms with E-state index in [0.29, 0.717) is 12.8 Å². The van der Waals surface area contributed by atoms with Gasteiger partial charge in [0.25, 0.3) is 0 Å². The molecule has 1 fully saturated rings. The highest BCUT2D eigenvalue weighted by molar-refractivity contribution is 5.76. The van der Waals surface area contributed by atoms with Gasteiger partial charge in [0, 0.05) is 19.9 Å². The fourth-order valence-corrected chi connectivity index (χ4v) is 8.22. The van der Waals surface area contributed by atoms with E-state index in [2.05, 4.69) is 36.6 Å². The van der Waals surface area contributed by atoms with Gasteiger partial charge in [-0.15, -0.1) is 0 Å². The van der Waals surface area contributed by atoms with Crippen LogP contribution in [0.15, 0.2) is 12.2 Å². The average molecular weight is 869 g/mol. The molecule has 1 rings (SSSR count). The monoisotopic (exact) mass is 869 g/mol. The zero-order valence-corrected chi connectivity index (χ0v) is 39.4. The third-order valence-corrected chi connectivity index (χ3v) is 12.3. The van der Waals surface area contributed by atoms with Crippen molar-refractivity contribution >= 4 is 11.8 Å². The van der Waals surface area contributed by atoms with E-state index >= 15 is 0 Å². The molecule has 0 spiro atoms. The second-order valence-corrected chi connectivity index (χ2v) is 18.2. The maximum atomic E-state index is 13.1. The molecule has 61 heavy (non-hydrogen) atoms. The molecule has 0 aromatic heterocycles. The Morgan fingerprint density at radius 3 is 1.48 bits per heavy atom. The van der Waals surface area contributed by atoms with Crippen molar-refractivity contribution in [2.75, 3.05) is 13.2 Å². The van der Waals surface area contributed by atoms with Crippen LogP contribution in [0.25, 0.3) is 0 Å². The van der Waals surface area contributed by atoms with Crippen molar-refractivity contribution in [2.24, 2.45) is 0 Å².